The van der Waals surface area contributed by atoms with E-state index in [0.717, 1.165) is 9.75 Å². The molecule has 0 radical (unpaired) electrons. The van der Waals surface area contributed by atoms with Gasteiger partial charge in [0.15, 0.2) is 5.78 Å². The van der Waals surface area contributed by atoms with E-state index in [1.165, 1.54) is 11.3 Å². The largest absolute Gasteiger partial charge is 0.373 e. The van der Waals surface area contributed by atoms with Crippen molar-refractivity contribution in [3.8, 4) is 0 Å². The summed E-state index contributed by atoms with van der Waals surface area (Å²) in [6.07, 6.45) is 0. The third-order valence-corrected chi connectivity index (χ3v) is 2.74. The zero-order chi connectivity index (χ0) is 10.6. The predicted molar refractivity (Wildman–Crippen MR) is 59.0 cm³/mol. The lowest BCUT2D eigenvalue weighted by Gasteiger charge is -2.04. The molecule has 0 amide bonds. The van der Waals surface area contributed by atoms with Crippen LogP contribution >= 0.6 is 11.3 Å². The lowest BCUT2D eigenvalue weighted by molar-refractivity contribution is 0.0709. The van der Waals surface area contributed by atoms with Crippen molar-refractivity contribution in [3.05, 3.63) is 21.9 Å². The fourth-order valence-corrected chi connectivity index (χ4v) is 1.83. The number of rotatable bonds is 5. The molecule has 14 heavy (non-hydrogen) atoms. The second-order valence-corrected chi connectivity index (χ2v) is 5.03. The minimum absolute atomic E-state index is 0.0868. The summed E-state index contributed by atoms with van der Waals surface area (Å²) >= 11 is 1.53. The molecule has 0 fully saturated rings. The number of thiophene rings is 1. The molecule has 0 saturated carbocycles. The number of ketones is 1. The molecule has 0 unspecified atom stereocenters. The number of hydrogen-bond donors (Lipinski definition) is 0. The first-order chi connectivity index (χ1) is 6.59. The number of ether oxygens (including phenoxy) is 1. The van der Waals surface area contributed by atoms with Crippen LogP contribution < -0.4 is 0 Å². The zero-order valence-electron chi connectivity index (χ0n) is 8.87. The van der Waals surface area contributed by atoms with Crippen molar-refractivity contribution in [2.75, 3.05) is 13.2 Å². The minimum Gasteiger partial charge on any atom is -0.373 e. The highest BCUT2D eigenvalue weighted by Gasteiger charge is 2.08. The van der Waals surface area contributed by atoms with Gasteiger partial charge in [0, 0.05) is 11.5 Å². The van der Waals surface area contributed by atoms with Gasteiger partial charge in [-0.15, -0.1) is 11.3 Å². The first kappa shape index (κ1) is 11.4. The van der Waals surface area contributed by atoms with Crippen molar-refractivity contribution in [3.63, 3.8) is 0 Å². The summed E-state index contributed by atoms with van der Waals surface area (Å²) in [6.45, 7) is 6.99. The number of aryl methyl sites for hydroxylation is 1. The van der Waals surface area contributed by atoms with Gasteiger partial charge in [0.1, 0.15) is 6.61 Å². The van der Waals surface area contributed by atoms with E-state index in [9.17, 15) is 4.79 Å². The van der Waals surface area contributed by atoms with Crippen molar-refractivity contribution in [2.24, 2.45) is 5.92 Å². The van der Waals surface area contributed by atoms with E-state index >= 15 is 0 Å². The Morgan fingerprint density at radius 1 is 1.50 bits per heavy atom. The molecule has 0 aliphatic rings. The third kappa shape index (κ3) is 3.60. The van der Waals surface area contributed by atoms with Gasteiger partial charge in [-0.1, -0.05) is 13.8 Å². The molecule has 1 aromatic rings. The van der Waals surface area contributed by atoms with Crippen LogP contribution in [-0.4, -0.2) is 19.0 Å². The highest BCUT2D eigenvalue weighted by molar-refractivity contribution is 7.14. The Bertz CT molecular complexity index is 302. The molecule has 0 aliphatic carbocycles. The standard InChI is InChI=1S/C11H16O2S/c1-8(2)6-13-7-10(12)11-5-4-9(3)14-11/h4-5,8H,6-7H2,1-3H3. The van der Waals surface area contributed by atoms with E-state index in [1.807, 2.05) is 19.1 Å². The molecule has 0 saturated heterocycles. The fourth-order valence-electron chi connectivity index (χ4n) is 1.04. The predicted octanol–water partition coefficient (Wildman–Crippen LogP) is 2.91. The second-order valence-electron chi connectivity index (χ2n) is 3.74. The maximum Gasteiger partial charge on any atom is 0.198 e. The monoisotopic (exact) mass is 212 g/mol. The molecule has 0 N–H and O–H groups in total. The summed E-state index contributed by atoms with van der Waals surface area (Å²) in [7, 11) is 0. The lowest BCUT2D eigenvalue weighted by atomic mass is 10.2. The van der Waals surface area contributed by atoms with E-state index in [2.05, 4.69) is 13.8 Å². The molecule has 78 valence electrons. The summed E-state index contributed by atoms with van der Waals surface area (Å²) in [6, 6.07) is 3.82. The molecule has 1 heterocycles. The Balaban J connectivity index is 2.36. The quantitative estimate of drug-likeness (QED) is 0.701. The SMILES string of the molecule is Cc1ccc(C(=O)COCC(C)C)s1. The Morgan fingerprint density at radius 3 is 2.71 bits per heavy atom. The Labute approximate surface area is 88.9 Å². The first-order valence-electron chi connectivity index (χ1n) is 4.77. The Kier molecular flexibility index (Phi) is 4.29. The van der Waals surface area contributed by atoms with Gasteiger partial charge in [0.25, 0.3) is 0 Å². The van der Waals surface area contributed by atoms with Crippen LogP contribution in [0.15, 0.2) is 12.1 Å². The smallest absolute Gasteiger partial charge is 0.198 e. The summed E-state index contributed by atoms with van der Waals surface area (Å²) < 4.78 is 5.28. The van der Waals surface area contributed by atoms with Gasteiger partial charge in [-0.05, 0) is 25.0 Å². The zero-order valence-corrected chi connectivity index (χ0v) is 9.69. The first-order valence-corrected chi connectivity index (χ1v) is 5.58. The van der Waals surface area contributed by atoms with Gasteiger partial charge >= 0.3 is 0 Å². The van der Waals surface area contributed by atoms with Crippen LogP contribution in [-0.2, 0) is 4.74 Å². The maximum absolute atomic E-state index is 11.5. The average Bonchev–Trinajstić information content (AvgIpc) is 2.51. The fraction of sp³-hybridized carbons (Fsp3) is 0.545. The average molecular weight is 212 g/mol. The highest BCUT2D eigenvalue weighted by atomic mass is 32.1. The van der Waals surface area contributed by atoms with E-state index in [4.69, 9.17) is 4.74 Å². The van der Waals surface area contributed by atoms with Gasteiger partial charge in [0.2, 0.25) is 0 Å². The number of carbonyl (C=O) groups is 1. The second kappa shape index (κ2) is 5.27. The van der Waals surface area contributed by atoms with E-state index in [-0.39, 0.29) is 12.4 Å². The maximum atomic E-state index is 11.5. The molecule has 1 aromatic heterocycles. The van der Waals surface area contributed by atoms with E-state index < -0.39 is 0 Å². The van der Waals surface area contributed by atoms with Crippen LogP contribution in [0.3, 0.4) is 0 Å². The highest BCUT2D eigenvalue weighted by Crippen LogP contribution is 2.15. The summed E-state index contributed by atoms with van der Waals surface area (Å²) in [5.74, 6) is 0.566. The normalized spacial score (nSPS) is 10.9. The van der Waals surface area contributed by atoms with Crippen LogP contribution in [0.5, 0.6) is 0 Å². The molecule has 0 bridgehead atoms. The molecule has 2 nitrogen and oxygen atoms in total. The molecule has 0 aliphatic heterocycles. The summed E-state index contributed by atoms with van der Waals surface area (Å²) in [5, 5.41) is 0. The van der Waals surface area contributed by atoms with Gasteiger partial charge in [-0.3, -0.25) is 4.79 Å². The molecule has 0 spiro atoms. The van der Waals surface area contributed by atoms with Crippen LogP contribution in [0, 0.1) is 12.8 Å². The van der Waals surface area contributed by atoms with Crippen molar-refractivity contribution < 1.29 is 9.53 Å². The van der Waals surface area contributed by atoms with Crippen LogP contribution in [0.4, 0.5) is 0 Å². The van der Waals surface area contributed by atoms with Gasteiger partial charge in [0.05, 0.1) is 4.88 Å². The molecule has 3 heteroatoms. The third-order valence-electron chi connectivity index (χ3n) is 1.70. The van der Waals surface area contributed by atoms with Crippen molar-refractivity contribution in [2.45, 2.75) is 20.8 Å². The van der Waals surface area contributed by atoms with Crippen molar-refractivity contribution in [1.29, 1.82) is 0 Å². The molecule has 0 aromatic carbocycles. The molecular weight excluding hydrogens is 196 g/mol. The minimum atomic E-state index is 0.0868. The molecule has 1 rings (SSSR count). The van der Waals surface area contributed by atoms with Crippen LogP contribution in [0.1, 0.15) is 28.4 Å². The van der Waals surface area contributed by atoms with Crippen LogP contribution in [0.25, 0.3) is 0 Å². The molecular formula is C11H16O2S. The number of carbonyl (C=O) groups excluding carboxylic acids is 1. The molecule has 0 atom stereocenters. The van der Waals surface area contributed by atoms with E-state index in [0.29, 0.717) is 12.5 Å². The van der Waals surface area contributed by atoms with Crippen molar-refractivity contribution in [1.82, 2.24) is 0 Å². The van der Waals surface area contributed by atoms with Gasteiger partial charge < -0.3 is 4.74 Å². The summed E-state index contributed by atoms with van der Waals surface area (Å²) in [5.41, 5.74) is 0. The van der Waals surface area contributed by atoms with E-state index in [1.54, 1.807) is 0 Å². The Hall–Kier alpha value is -0.670. The number of hydrogen-bond acceptors (Lipinski definition) is 3. The summed E-state index contributed by atoms with van der Waals surface area (Å²) in [4.78, 5) is 13.5. The van der Waals surface area contributed by atoms with Crippen molar-refractivity contribution >= 4 is 17.1 Å². The van der Waals surface area contributed by atoms with Crippen LogP contribution in [0.2, 0.25) is 0 Å². The topological polar surface area (TPSA) is 26.3 Å². The lowest BCUT2D eigenvalue weighted by Crippen LogP contribution is -2.11. The number of Topliss-reactive ketones (excluding diaryl/α,β-unsaturated/α-hetero) is 1. The van der Waals surface area contributed by atoms with Gasteiger partial charge in [-0.2, -0.15) is 0 Å². The van der Waals surface area contributed by atoms with Gasteiger partial charge in [-0.25, -0.2) is 0 Å². The Morgan fingerprint density at radius 2 is 2.21 bits per heavy atom.